The minimum absolute atomic E-state index is 0.0296. The summed E-state index contributed by atoms with van der Waals surface area (Å²) in [6, 6.07) is 14.0. The molecule has 0 radical (unpaired) electrons. The average molecular weight is 918 g/mol. The van der Waals surface area contributed by atoms with Crippen LogP contribution in [-0.4, -0.2) is 180 Å². The van der Waals surface area contributed by atoms with Crippen LogP contribution in [0.3, 0.4) is 0 Å². The molecule has 352 valence electrons. The second-order valence-electron chi connectivity index (χ2n) is 15.5. The zero-order chi connectivity index (χ0) is 46.9. The molecule has 1 aromatic heterocycles. The van der Waals surface area contributed by atoms with Crippen LogP contribution in [0.15, 0.2) is 71.2 Å². The molecule has 12 N–H and O–H groups in total. The molecule has 15 atom stereocenters. The van der Waals surface area contributed by atoms with Crippen molar-refractivity contribution in [2.24, 2.45) is 0 Å². The Hall–Kier alpha value is -5.44. The summed E-state index contributed by atoms with van der Waals surface area (Å²) in [6.45, 7) is 0.0612. The highest BCUT2D eigenvalue weighted by Crippen LogP contribution is 2.45. The van der Waals surface area contributed by atoms with E-state index in [9.17, 15) is 66.1 Å². The number of phenolic OH excluding ortho intramolecular Hbond substituents is 3. The molecule has 22 nitrogen and oxygen atoms in total. The van der Waals surface area contributed by atoms with Gasteiger partial charge in [-0.2, -0.15) is 0 Å². The van der Waals surface area contributed by atoms with Crippen LogP contribution >= 0.6 is 0 Å². The smallest absolute Gasteiger partial charge is 0.402 e. The first-order chi connectivity index (χ1) is 31.0. The number of carbonyl (C=O) groups is 1. The Kier molecular flexibility index (Phi) is 14.6. The van der Waals surface area contributed by atoms with Crippen LogP contribution in [0.2, 0.25) is 0 Å². The molecule has 0 aliphatic carbocycles. The molecular formula is C43H49O22+. The van der Waals surface area contributed by atoms with E-state index in [0.29, 0.717) is 5.56 Å². The van der Waals surface area contributed by atoms with Crippen LogP contribution < -0.4 is 14.2 Å². The van der Waals surface area contributed by atoms with Crippen molar-refractivity contribution in [1.82, 2.24) is 0 Å². The lowest BCUT2D eigenvalue weighted by Crippen LogP contribution is -2.62. The molecule has 0 amide bonds. The topological polar surface area (TPSA) is 345 Å². The van der Waals surface area contributed by atoms with Crippen LogP contribution in [0.5, 0.6) is 34.5 Å². The number of benzene rings is 3. The van der Waals surface area contributed by atoms with Gasteiger partial charge < -0.3 is 99.2 Å². The number of hydrogen-bond acceptors (Lipinski definition) is 21. The number of hydrogen-bond donors (Lipinski definition) is 12. The lowest BCUT2D eigenvalue weighted by atomic mass is 9.98. The van der Waals surface area contributed by atoms with E-state index in [2.05, 4.69) is 0 Å². The van der Waals surface area contributed by atoms with Gasteiger partial charge in [-0.3, -0.25) is 0 Å². The highest BCUT2D eigenvalue weighted by atomic mass is 16.7. The highest BCUT2D eigenvalue weighted by molar-refractivity contribution is 5.88. The summed E-state index contributed by atoms with van der Waals surface area (Å²) < 4.78 is 51.6. The first kappa shape index (κ1) is 47.5. The summed E-state index contributed by atoms with van der Waals surface area (Å²) in [6.07, 6.45) is -22.3. The van der Waals surface area contributed by atoms with E-state index in [1.54, 1.807) is 12.1 Å². The molecule has 3 saturated heterocycles. The van der Waals surface area contributed by atoms with Crippen molar-refractivity contribution in [3.8, 4) is 45.8 Å². The van der Waals surface area contributed by atoms with Crippen molar-refractivity contribution in [1.29, 1.82) is 0 Å². The van der Waals surface area contributed by atoms with E-state index in [1.807, 2.05) is 0 Å². The largest absolute Gasteiger partial charge is 0.508 e. The molecule has 0 bridgehead atoms. The van der Waals surface area contributed by atoms with Crippen molar-refractivity contribution < 1.29 is 108 Å². The number of aliphatic hydroxyl groups excluding tert-OH is 9. The van der Waals surface area contributed by atoms with E-state index >= 15 is 0 Å². The summed E-state index contributed by atoms with van der Waals surface area (Å²) in [5.74, 6) is -2.81. The van der Waals surface area contributed by atoms with Gasteiger partial charge in [-0.05, 0) is 42.8 Å². The van der Waals surface area contributed by atoms with Crippen LogP contribution in [0.4, 0.5) is 0 Å². The Labute approximate surface area is 368 Å². The Morgan fingerprint density at radius 3 is 2.00 bits per heavy atom. The van der Waals surface area contributed by atoms with Gasteiger partial charge in [0.1, 0.15) is 77.9 Å². The van der Waals surface area contributed by atoms with Crippen LogP contribution in [0.25, 0.3) is 28.4 Å². The standard InChI is InChI=1S/C43H48O22/c1-17-39(65-29(47)11-8-18-6-9-20(45)10-7-18)35(53)38(56)41(59-17)58-16-28-32(50)34(52)37(55)43(64-28)62-26-14-21-23(60-40(26)19-12-22(46)30(48)25(13-19)57-2)4-3-5-24(21)61-42-36(54)33(51)31(49)27(15-44)63-42/h3-14,17,27-28,31-39,41-44,49-56H,15-16H2,1-2H3,(H2-,45,46,47,48)/p+1. The molecule has 3 aliphatic rings. The predicted molar refractivity (Wildman–Crippen MR) is 217 cm³/mol. The van der Waals surface area contributed by atoms with Crippen LogP contribution in [0, 0.1) is 0 Å². The summed E-state index contributed by atoms with van der Waals surface area (Å²) in [4.78, 5) is 12.6. The third-order valence-electron chi connectivity index (χ3n) is 11.0. The second-order valence-corrected chi connectivity index (χ2v) is 15.5. The zero-order valence-corrected chi connectivity index (χ0v) is 34.5. The second kappa shape index (κ2) is 20.0. The molecule has 3 aliphatic heterocycles. The van der Waals surface area contributed by atoms with E-state index in [1.165, 1.54) is 62.6 Å². The molecule has 7 rings (SSSR count). The number of ether oxygens (including phenoxy) is 8. The fraction of sp³-hybridized carbons (Fsp3) is 0.442. The van der Waals surface area contributed by atoms with Gasteiger partial charge >= 0.3 is 17.3 Å². The molecule has 65 heavy (non-hydrogen) atoms. The summed E-state index contributed by atoms with van der Waals surface area (Å²) in [5.41, 5.74) is 0.672. The van der Waals surface area contributed by atoms with Crippen molar-refractivity contribution in [3.05, 3.63) is 72.3 Å². The summed E-state index contributed by atoms with van der Waals surface area (Å²) in [7, 11) is 1.23. The Morgan fingerprint density at radius 2 is 1.34 bits per heavy atom. The molecule has 3 fully saturated rings. The quantitative estimate of drug-likeness (QED) is 0.0330. The van der Waals surface area contributed by atoms with Gasteiger partial charge in [-0.25, -0.2) is 9.21 Å². The molecular weight excluding hydrogens is 868 g/mol. The van der Waals surface area contributed by atoms with Gasteiger partial charge in [0.25, 0.3) is 0 Å². The molecule has 22 heteroatoms. The maximum absolute atomic E-state index is 12.6. The predicted octanol–water partition coefficient (Wildman–Crippen LogP) is -1.02. The molecule has 3 aromatic carbocycles. The average Bonchev–Trinajstić information content (AvgIpc) is 3.29. The van der Waals surface area contributed by atoms with Gasteiger partial charge in [-0.15, -0.1) is 0 Å². The Bertz CT molecular complexity index is 2310. The minimum Gasteiger partial charge on any atom is -0.508 e. The molecule has 4 heterocycles. The van der Waals surface area contributed by atoms with Gasteiger partial charge in [0.15, 0.2) is 23.9 Å². The normalized spacial score (nSPS) is 32.9. The van der Waals surface area contributed by atoms with Crippen molar-refractivity contribution >= 4 is 23.0 Å². The zero-order valence-electron chi connectivity index (χ0n) is 34.5. The maximum Gasteiger partial charge on any atom is 0.402 e. The number of esters is 1. The number of carbonyl (C=O) groups excluding carboxylic acids is 1. The Balaban J connectivity index is 1.11. The fourth-order valence-corrected chi connectivity index (χ4v) is 7.37. The van der Waals surface area contributed by atoms with Crippen molar-refractivity contribution in [3.63, 3.8) is 0 Å². The van der Waals surface area contributed by atoms with Gasteiger partial charge in [-0.1, -0.05) is 12.1 Å². The number of phenols is 3. The SMILES string of the molecule is COc1cc(-c2[o+]c3cccc(OC4OC(CO)C(O)C(O)C4O)c3cc2OC2OC(COC3OC(C)C(OC(=O)/C=C/c4ccc(O)cc4)C(O)C3O)C(O)C(O)C2O)cc(O)c1O. The lowest BCUT2D eigenvalue weighted by molar-refractivity contribution is -0.319. The number of methoxy groups -OCH3 is 1. The van der Waals surface area contributed by atoms with Gasteiger partial charge in [0, 0.05) is 30.3 Å². The number of aliphatic hydroxyl groups is 9. The summed E-state index contributed by atoms with van der Waals surface area (Å²) in [5, 5.41) is 126. The third-order valence-corrected chi connectivity index (χ3v) is 11.0. The van der Waals surface area contributed by atoms with E-state index < -0.39 is 123 Å². The van der Waals surface area contributed by atoms with Gasteiger partial charge in [0.05, 0.1) is 32.0 Å². The first-order valence-corrected chi connectivity index (χ1v) is 20.1. The number of rotatable bonds is 13. The van der Waals surface area contributed by atoms with E-state index in [4.69, 9.17) is 42.3 Å². The maximum atomic E-state index is 12.6. The lowest BCUT2D eigenvalue weighted by Gasteiger charge is -2.42. The van der Waals surface area contributed by atoms with Crippen molar-refractivity contribution in [2.75, 3.05) is 20.3 Å². The fourth-order valence-electron chi connectivity index (χ4n) is 7.37. The first-order valence-electron chi connectivity index (χ1n) is 20.1. The third kappa shape index (κ3) is 10.0. The molecule has 15 unspecified atom stereocenters. The molecule has 0 spiro atoms. The number of fused-ring (bicyclic) bond motifs is 1. The van der Waals surface area contributed by atoms with Crippen LogP contribution in [-0.2, 0) is 28.5 Å². The van der Waals surface area contributed by atoms with Gasteiger partial charge in [0.2, 0.25) is 24.1 Å². The van der Waals surface area contributed by atoms with Crippen LogP contribution in [0.1, 0.15) is 12.5 Å². The highest BCUT2D eigenvalue weighted by Gasteiger charge is 2.49. The summed E-state index contributed by atoms with van der Waals surface area (Å²) >= 11 is 0. The van der Waals surface area contributed by atoms with E-state index in [0.717, 1.165) is 12.1 Å². The molecule has 0 saturated carbocycles. The van der Waals surface area contributed by atoms with Crippen molar-refractivity contribution in [2.45, 2.75) is 99.0 Å². The minimum atomic E-state index is -1.97. The monoisotopic (exact) mass is 917 g/mol. The molecule has 4 aromatic rings. The van der Waals surface area contributed by atoms with E-state index in [-0.39, 0.29) is 45.3 Å². The Morgan fingerprint density at radius 1 is 0.708 bits per heavy atom. The number of aromatic hydroxyl groups is 3.